The number of ether oxygens (including phenoxy) is 1. The Morgan fingerprint density at radius 3 is 1.65 bits per heavy atom. The summed E-state index contributed by atoms with van der Waals surface area (Å²) in [4.78, 5) is 3.95. The van der Waals surface area contributed by atoms with Crippen LogP contribution in [0.5, 0.6) is 5.75 Å². The minimum atomic E-state index is -0.131. The molecule has 4 heteroatoms. The third kappa shape index (κ3) is 4.76. The number of hydrogen-bond acceptors (Lipinski definition) is 1. The minimum absolute atomic E-state index is 0. The maximum absolute atomic E-state index is 5.83. The van der Waals surface area contributed by atoms with Crippen molar-refractivity contribution in [3.8, 4) is 5.75 Å². The predicted octanol–water partition coefficient (Wildman–Crippen LogP) is 3.02. The molecule has 0 fully saturated rings. The van der Waals surface area contributed by atoms with Gasteiger partial charge < -0.3 is 17.1 Å². The Kier molecular flexibility index (Phi) is 7.89. The van der Waals surface area contributed by atoms with Crippen LogP contribution in [0.3, 0.4) is 0 Å². The largest absolute Gasteiger partial charge is 1.00 e. The summed E-state index contributed by atoms with van der Waals surface area (Å²) in [6.45, 7) is 4.75. The average molecular weight is 405 g/mol. The van der Waals surface area contributed by atoms with Gasteiger partial charge in [0.15, 0.2) is 14.7 Å². The Hall–Kier alpha value is -1.61. The highest BCUT2D eigenvalue weighted by Crippen LogP contribution is 2.35. The molecule has 1 nitrogen and oxygen atoms in total. The molecule has 3 rings (SSSR count). The molecular formula is C22H22Cl2OS. The van der Waals surface area contributed by atoms with Gasteiger partial charge in [0.2, 0.25) is 0 Å². The van der Waals surface area contributed by atoms with Crippen molar-refractivity contribution in [1.29, 1.82) is 0 Å². The van der Waals surface area contributed by atoms with E-state index in [1.54, 1.807) is 0 Å². The van der Waals surface area contributed by atoms with Gasteiger partial charge in [0.25, 0.3) is 0 Å². The van der Waals surface area contributed by atoms with E-state index in [4.69, 9.17) is 16.3 Å². The van der Waals surface area contributed by atoms with Gasteiger partial charge >= 0.3 is 0 Å². The first-order valence-electron chi connectivity index (χ1n) is 8.35. The molecule has 0 radical (unpaired) electrons. The molecule has 0 saturated carbocycles. The average Bonchev–Trinajstić information content (AvgIpc) is 2.63. The standard InChI is InChI=1S/C22H22ClOS.ClH/c1-17-15-21(16-18(2)22(17)24-14-13-23)25(19-9-5-3-6-10-19)20-11-7-4-8-12-20;/h3-12,15-16H,13-14H2,1-2H3;1H/q+1;/p-1. The van der Waals surface area contributed by atoms with Gasteiger partial charge in [-0.2, -0.15) is 0 Å². The van der Waals surface area contributed by atoms with E-state index in [0.29, 0.717) is 12.5 Å². The van der Waals surface area contributed by atoms with Gasteiger partial charge in [0, 0.05) is 12.1 Å². The normalized spacial score (nSPS) is 10.5. The van der Waals surface area contributed by atoms with Crippen LogP contribution < -0.4 is 17.1 Å². The van der Waals surface area contributed by atoms with Crippen LogP contribution in [0.2, 0.25) is 0 Å². The van der Waals surface area contributed by atoms with Crippen molar-refractivity contribution >= 4 is 22.5 Å². The lowest BCUT2D eigenvalue weighted by molar-refractivity contribution is -0.00000541. The van der Waals surface area contributed by atoms with E-state index in [1.165, 1.54) is 14.7 Å². The minimum Gasteiger partial charge on any atom is -1.00 e. The van der Waals surface area contributed by atoms with Crippen LogP contribution in [-0.2, 0) is 10.9 Å². The Balaban J connectivity index is 0.00000243. The highest BCUT2D eigenvalue weighted by Gasteiger charge is 2.29. The molecule has 0 amide bonds. The number of halogens is 2. The van der Waals surface area contributed by atoms with Crippen LogP contribution in [0.4, 0.5) is 0 Å². The molecule has 0 bridgehead atoms. The van der Waals surface area contributed by atoms with E-state index in [-0.39, 0.29) is 23.3 Å². The zero-order valence-corrected chi connectivity index (χ0v) is 17.2. The molecule has 0 atom stereocenters. The Morgan fingerprint density at radius 1 is 0.769 bits per heavy atom. The molecule has 26 heavy (non-hydrogen) atoms. The smallest absolute Gasteiger partial charge is 0.167 e. The third-order valence-corrected chi connectivity index (χ3v) is 6.30. The fourth-order valence-corrected chi connectivity index (χ4v) is 5.26. The van der Waals surface area contributed by atoms with Gasteiger partial charge in [-0.15, -0.1) is 11.6 Å². The molecule has 0 aliphatic rings. The van der Waals surface area contributed by atoms with Crippen molar-refractivity contribution in [2.24, 2.45) is 0 Å². The molecule has 136 valence electrons. The SMILES string of the molecule is Cc1cc([S+](c2ccccc2)c2ccccc2)cc(C)c1OCCCl.[Cl-]. The topological polar surface area (TPSA) is 9.23 Å². The van der Waals surface area contributed by atoms with Gasteiger partial charge in [0.05, 0.1) is 16.8 Å². The summed E-state index contributed by atoms with van der Waals surface area (Å²) < 4.78 is 5.83. The van der Waals surface area contributed by atoms with Crippen molar-refractivity contribution in [3.05, 3.63) is 83.9 Å². The molecule has 3 aromatic rings. The van der Waals surface area contributed by atoms with Gasteiger partial charge in [-0.25, -0.2) is 0 Å². The van der Waals surface area contributed by atoms with Crippen molar-refractivity contribution in [2.75, 3.05) is 12.5 Å². The maximum Gasteiger partial charge on any atom is 0.167 e. The number of rotatable bonds is 6. The molecule has 0 spiro atoms. The van der Waals surface area contributed by atoms with Gasteiger partial charge in [-0.05, 0) is 49.2 Å². The van der Waals surface area contributed by atoms with Crippen LogP contribution >= 0.6 is 11.6 Å². The van der Waals surface area contributed by atoms with E-state index in [2.05, 4.69) is 86.6 Å². The Bertz CT molecular complexity index is 760. The molecule has 3 aromatic carbocycles. The lowest BCUT2D eigenvalue weighted by atomic mass is 10.1. The molecule has 0 aliphatic carbocycles. The fourth-order valence-electron chi connectivity index (χ4n) is 2.92. The number of hydrogen-bond donors (Lipinski definition) is 0. The van der Waals surface area contributed by atoms with Crippen LogP contribution in [0.1, 0.15) is 11.1 Å². The summed E-state index contributed by atoms with van der Waals surface area (Å²) in [6, 6.07) is 25.9. The van der Waals surface area contributed by atoms with Crippen LogP contribution in [0, 0.1) is 13.8 Å². The molecular weight excluding hydrogens is 383 g/mol. The summed E-state index contributed by atoms with van der Waals surface area (Å²) in [5, 5.41) is 0. The van der Waals surface area contributed by atoms with Gasteiger partial charge in [-0.3, -0.25) is 0 Å². The molecule has 0 aromatic heterocycles. The molecule has 0 saturated heterocycles. The lowest BCUT2D eigenvalue weighted by Gasteiger charge is -2.14. The summed E-state index contributed by atoms with van der Waals surface area (Å²) in [7, 11) is -0.131. The first-order valence-corrected chi connectivity index (χ1v) is 10.1. The lowest BCUT2D eigenvalue weighted by Crippen LogP contribution is -3.00. The van der Waals surface area contributed by atoms with E-state index in [9.17, 15) is 0 Å². The summed E-state index contributed by atoms with van der Waals surface area (Å²) >= 11 is 5.77. The Morgan fingerprint density at radius 2 is 1.23 bits per heavy atom. The summed E-state index contributed by atoms with van der Waals surface area (Å²) in [5.74, 6) is 1.45. The van der Waals surface area contributed by atoms with Crippen LogP contribution in [0.15, 0.2) is 87.5 Å². The van der Waals surface area contributed by atoms with Crippen molar-refractivity contribution < 1.29 is 17.1 Å². The first kappa shape index (κ1) is 20.7. The zero-order chi connectivity index (χ0) is 17.6. The monoisotopic (exact) mass is 404 g/mol. The number of alkyl halides is 1. The highest BCUT2D eigenvalue weighted by molar-refractivity contribution is 7.97. The van der Waals surface area contributed by atoms with E-state index < -0.39 is 0 Å². The van der Waals surface area contributed by atoms with E-state index >= 15 is 0 Å². The molecule has 0 aliphatic heterocycles. The summed E-state index contributed by atoms with van der Waals surface area (Å²) in [5.41, 5.74) is 2.31. The van der Waals surface area contributed by atoms with Gasteiger partial charge in [-0.1, -0.05) is 36.4 Å². The van der Waals surface area contributed by atoms with Crippen molar-refractivity contribution in [2.45, 2.75) is 28.5 Å². The third-order valence-electron chi connectivity index (χ3n) is 3.95. The molecule has 0 heterocycles. The van der Waals surface area contributed by atoms with E-state index in [1.807, 2.05) is 0 Å². The second-order valence-electron chi connectivity index (χ2n) is 5.86. The predicted molar refractivity (Wildman–Crippen MR) is 107 cm³/mol. The van der Waals surface area contributed by atoms with Crippen molar-refractivity contribution in [3.63, 3.8) is 0 Å². The second-order valence-corrected chi connectivity index (χ2v) is 8.26. The van der Waals surface area contributed by atoms with Crippen molar-refractivity contribution in [1.82, 2.24) is 0 Å². The first-order chi connectivity index (χ1) is 12.2. The highest BCUT2D eigenvalue weighted by atomic mass is 35.5. The molecule has 0 N–H and O–H groups in total. The second kappa shape index (κ2) is 9.91. The number of benzene rings is 3. The van der Waals surface area contributed by atoms with Gasteiger partial charge in [0.1, 0.15) is 12.4 Å². The Labute approximate surface area is 170 Å². The van der Waals surface area contributed by atoms with Crippen LogP contribution in [-0.4, -0.2) is 12.5 Å². The molecule has 0 unspecified atom stereocenters. The zero-order valence-electron chi connectivity index (χ0n) is 14.9. The fraction of sp³-hybridized carbons (Fsp3) is 0.182. The summed E-state index contributed by atoms with van der Waals surface area (Å²) in [6.07, 6.45) is 0. The maximum atomic E-state index is 5.83. The van der Waals surface area contributed by atoms with Crippen LogP contribution in [0.25, 0.3) is 0 Å². The quantitative estimate of drug-likeness (QED) is 0.453. The number of aryl methyl sites for hydroxylation is 2. The van der Waals surface area contributed by atoms with E-state index in [0.717, 1.165) is 16.9 Å².